The summed E-state index contributed by atoms with van der Waals surface area (Å²) >= 11 is 0. The minimum atomic E-state index is 0.101. The molecule has 2 nitrogen and oxygen atoms in total. The van der Waals surface area contributed by atoms with Crippen LogP contribution in [0.25, 0.3) is 0 Å². The van der Waals surface area contributed by atoms with Crippen LogP contribution in [0.3, 0.4) is 0 Å². The highest BCUT2D eigenvalue weighted by Crippen LogP contribution is 2.22. The lowest BCUT2D eigenvalue weighted by molar-refractivity contribution is -0.155. The highest BCUT2D eigenvalue weighted by molar-refractivity contribution is 5.72. The minimum absolute atomic E-state index is 0.101. The molecule has 0 rings (SSSR count). The first-order valence-electron chi connectivity index (χ1n) is 11.9. The number of carbonyl (C=O) groups is 1. The van der Waals surface area contributed by atoms with Crippen molar-refractivity contribution in [2.45, 2.75) is 143 Å². The SMILES string of the molecule is CCCCCCCC(CCCC)OC(=O)C(CCCC)CCCCCC. The molecule has 0 fully saturated rings. The molecule has 2 heteroatoms. The van der Waals surface area contributed by atoms with Crippen molar-refractivity contribution < 1.29 is 9.53 Å². The normalized spacial score (nSPS) is 13.5. The second kappa shape index (κ2) is 19.2. The van der Waals surface area contributed by atoms with Gasteiger partial charge < -0.3 is 4.74 Å². The lowest BCUT2D eigenvalue weighted by Gasteiger charge is -2.22. The molecule has 156 valence electrons. The van der Waals surface area contributed by atoms with Crippen molar-refractivity contribution in [1.29, 1.82) is 0 Å². The summed E-state index contributed by atoms with van der Waals surface area (Å²) in [4.78, 5) is 12.8. The van der Waals surface area contributed by atoms with Gasteiger partial charge in [-0.25, -0.2) is 0 Å². The number of rotatable bonds is 19. The molecule has 0 aromatic heterocycles. The average molecular weight is 369 g/mol. The van der Waals surface area contributed by atoms with Crippen LogP contribution in [0.1, 0.15) is 137 Å². The van der Waals surface area contributed by atoms with E-state index in [4.69, 9.17) is 4.74 Å². The summed E-state index contributed by atoms with van der Waals surface area (Å²) in [6, 6.07) is 0. The van der Waals surface area contributed by atoms with Crippen LogP contribution in [0.5, 0.6) is 0 Å². The van der Waals surface area contributed by atoms with Gasteiger partial charge >= 0.3 is 5.97 Å². The zero-order valence-corrected chi connectivity index (χ0v) is 18.5. The number of esters is 1. The van der Waals surface area contributed by atoms with Crippen LogP contribution in [-0.4, -0.2) is 12.1 Å². The standard InChI is InChI=1S/C24H48O2/c1-5-9-13-15-17-21-23(20-12-8-4)26-24(25)22(18-11-7-3)19-16-14-10-6-2/h22-23H,5-21H2,1-4H3. The van der Waals surface area contributed by atoms with Gasteiger partial charge in [0.1, 0.15) is 6.10 Å². The van der Waals surface area contributed by atoms with E-state index in [-0.39, 0.29) is 18.0 Å². The van der Waals surface area contributed by atoms with Crippen molar-refractivity contribution in [2.24, 2.45) is 5.92 Å². The van der Waals surface area contributed by atoms with E-state index in [0.717, 1.165) is 38.5 Å². The van der Waals surface area contributed by atoms with Crippen molar-refractivity contribution >= 4 is 5.97 Å². The molecule has 0 aliphatic heterocycles. The Morgan fingerprint density at radius 2 is 1.00 bits per heavy atom. The molecule has 0 spiro atoms. The quantitative estimate of drug-likeness (QED) is 0.169. The van der Waals surface area contributed by atoms with Crippen molar-refractivity contribution in [3.05, 3.63) is 0 Å². The largest absolute Gasteiger partial charge is 0.462 e. The number of hydrogen-bond donors (Lipinski definition) is 0. The molecule has 0 aromatic rings. The van der Waals surface area contributed by atoms with Crippen molar-refractivity contribution in [3.8, 4) is 0 Å². The summed E-state index contributed by atoms with van der Waals surface area (Å²) < 4.78 is 6.04. The highest BCUT2D eigenvalue weighted by atomic mass is 16.5. The molecule has 0 bridgehead atoms. The van der Waals surface area contributed by atoms with Gasteiger partial charge in [-0.05, 0) is 32.1 Å². The molecular formula is C24H48O2. The topological polar surface area (TPSA) is 26.3 Å². The fourth-order valence-corrected chi connectivity index (χ4v) is 3.58. The minimum Gasteiger partial charge on any atom is -0.462 e. The molecule has 0 amide bonds. The van der Waals surface area contributed by atoms with Gasteiger partial charge in [0.05, 0.1) is 5.92 Å². The first kappa shape index (κ1) is 25.5. The lowest BCUT2D eigenvalue weighted by Crippen LogP contribution is -2.25. The van der Waals surface area contributed by atoms with Gasteiger partial charge in [-0.2, -0.15) is 0 Å². The summed E-state index contributed by atoms with van der Waals surface area (Å²) in [5.74, 6) is 0.237. The van der Waals surface area contributed by atoms with Crippen LogP contribution < -0.4 is 0 Å². The van der Waals surface area contributed by atoms with E-state index in [9.17, 15) is 4.79 Å². The Bertz CT molecular complexity index is 301. The number of unbranched alkanes of at least 4 members (excludes halogenated alkanes) is 9. The molecule has 2 atom stereocenters. The van der Waals surface area contributed by atoms with Gasteiger partial charge in [-0.15, -0.1) is 0 Å². The summed E-state index contributed by atoms with van der Waals surface area (Å²) in [6.07, 6.45) is 20.3. The van der Waals surface area contributed by atoms with Gasteiger partial charge in [0, 0.05) is 0 Å². The van der Waals surface area contributed by atoms with Gasteiger partial charge in [0.15, 0.2) is 0 Å². The van der Waals surface area contributed by atoms with Gasteiger partial charge in [0.25, 0.3) is 0 Å². The molecule has 26 heavy (non-hydrogen) atoms. The molecule has 0 N–H and O–H groups in total. The van der Waals surface area contributed by atoms with Gasteiger partial charge in [0.2, 0.25) is 0 Å². The lowest BCUT2D eigenvalue weighted by atomic mass is 9.95. The fraction of sp³-hybridized carbons (Fsp3) is 0.958. The maximum Gasteiger partial charge on any atom is 0.309 e. The predicted molar refractivity (Wildman–Crippen MR) is 115 cm³/mol. The zero-order valence-electron chi connectivity index (χ0n) is 18.5. The highest BCUT2D eigenvalue weighted by Gasteiger charge is 2.22. The van der Waals surface area contributed by atoms with Crippen molar-refractivity contribution in [3.63, 3.8) is 0 Å². The molecule has 2 unspecified atom stereocenters. The average Bonchev–Trinajstić information content (AvgIpc) is 2.64. The smallest absolute Gasteiger partial charge is 0.309 e. The summed E-state index contributed by atoms with van der Waals surface area (Å²) in [5.41, 5.74) is 0. The molecule has 0 aromatic carbocycles. The summed E-state index contributed by atoms with van der Waals surface area (Å²) in [7, 11) is 0. The molecular weight excluding hydrogens is 320 g/mol. The zero-order chi connectivity index (χ0) is 19.5. The third-order valence-corrected chi connectivity index (χ3v) is 5.44. The number of carbonyl (C=O) groups excluding carboxylic acids is 1. The van der Waals surface area contributed by atoms with E-state index >= 15 is 0 Å². The predicted octanol–water partition coefficient (Wildman–Crippen LogP) is 8.23. The summed E-state index contributed by atoms with van der Waals surface area (Å²) in [5, 5.41) is 0. The van der Waals surface area contributed by atoms with Crippen LogP contribution >= 0.6 is 0 Å². The van der Waals surface area contributed by atoms with Gasteiger partial charge in [-0.3, -0.25) is 4.79 Å². The van der Waals surface area contributed by atoms with Crippen LogP contribution in [0.4, 0.5) is 0 Å². The molecule has 0 saturated heterocycles. The Labute approximate surface area is 164 Å². The second-order valence-electron chi connectivity index (χ2n) is 8.09. The monoisotopic (exact) mass is 368 g/mol. The Kier molecular flexibility index (Phi) is 18.8. The molecule has 0 aliphatic rings. The Morgan fingerprint density at radius 1 is 0.577 bits per heavy atom. The number of ether oxygens (including phenoxy) is 1. The van der Waals surface area contributed by atoms with Crippen molar-refractivity contribution in [2.75, 3.05) is 0 Å². The molecule has 0 radical (unpaired) electrons. The van der Waals surface area contributed by atoms with E-state index in [1.807, 2.05) is 0 Å². The Morgan fingerprint density at radius 3 is 1.62 bits per heavy atom. The molecule has 0 saturated carbocycles. The van der Waals surface area contributed by atoms with E-state index in [2.05, 4.69) is 27.7 Å². The maximum atomic E-state index is 12.8. The Balaban J connectivity index is 4.43. The van der Waals surface area contributed by atoms with Gasteiger partial charge in [-0.1, -0.05) is 105 Å². The third kappa shape index (κ3) is 14.6. The van der Waals surface area contributed by atoms with Crippen LogP contribution in [0.2, 0.25) is 0 Å². The maximum absolute atomic E-state index is 12.8. The van der Waals surface area contributed by atoms with E-state index in [1.54, 1.807) is 0 Å². The Hall–Kier alpha value is -0.530. The first-order valence-corrected chi connectivity index (χ1v) is 11.9. The fourth-order valence-electron chi connectivity index (χ4n) is 3.58. The van der Waals surface area contributed by atoms with Crippen LogP contribution in [-0.2, 0) is 9.53 Å². The van der Waals surface area contributed by atoms with E-state index in [1.165, 1.54) is 70.6 Å². The molecule has 0 heterocycles. The van der Waals surface area contributed by atoms with Crippen molar-refractivity contribution in [1.82, 2.24) is 0 Å². The van der Waals surface area contributed by atoms with E-state index in [0.29, 0.717) is 0 Å². The first-order chi connectivity index (χ1) is 12.7. The third-order valence-electron chi connectivity index (χ3n) is 5.44. The van der Waals surface area contributed by atoms with E-state index < -0.39 is 0 Å². The molecule has 0 aliphatic carbocycles. The second-order valence-corrected chi connectivity index (χ2v) is 8.09. The van der Waals surface area contributed by atoms with Crippen LogP contribution in [0, 0.1) is 5.92 Å². The van der Waals surface area contributed by atoms with Crippen LogP contribution in [0.15, 0.2) is 0 Å². The number of hydrogen-bond acceptors (Lipinski definition) is 2. The summed E-state index contributed by atoms with van der Waals surface area (Å²) in [6.45, 7) is 8.92.